The third-order valence-corrected chi connectivity index (χ3v) is 2.20. The van der Waals surface area contributed by atoms with Crippen LogP contribution in [-0.4, -0.2) is 23.8 Å². The second-order valence-electron chi connectivity index (χ2n) is 3.53. The van der Waals surface area contributed by atoms with E-state index in [1.807, 2.05) is 0 Å². The van der Waals surface area contributed by atoms with Crippen molar-refractivity contribution in [2.75, 3.05) is 6.61 Å². The molecule has 0 rings (SSSR count). The van der Waals surface area contributed by atoms with E-state index in [0.29, 0.717) is 12.5 Å². The van der Waals surface area contributed by atoms with Crippen LogP contribution in [0.15, 0.2) is 12.7 Å². The fourth-order valence-electron chi connectivity index (χ4n) is 1.14. The second kappa shape index (κ2) is 7.56. The number of carbonyl (C=O) groups excluding carboxylic acids is 1. The summed E-state index contributed by atoms with van der Waals surface area (Å²) in [6.45, 7) is 7.57. The van der Waals surface area contributed by atoms with Crippen LogP contribution in [0.2, 0.25) is 0 Å². The maximum Gasteiger partial charge on any atom is 0.330 e. The number of aliphatic hydroxyl groups is 1. The number of rotatable bonds is 7. The van der Waals surface area contributed by atoms with Gasteiger partial charge in [0.15, 0.2) is 0 Å². The number of hydrogen-bond donors (Lipinski definition) is 1. The summed E-state index contributed by atoms with van der Waals surface area (Å²) in [5.41, 5.74) is 0. The molecule has 0 amide bonds. The molecule has 14 heavy (non-hydrogen) atoms. The van der Waals surface area contributed by atoms with Crippen LogP contribution in [0.1, 0.15) is 33.1 Å². The highest BCUT2D eigenvalue weighted by Crippen LogP contribution is 2.13. The first-order chi connectivity index (χ1) is 6.60. The third-order valence-electron chi connectivity index (χ3n) is 2.20. The lowest BCUT2D eigenvalue weighted by atomic mass is 10.00. The van der Waals surface area contributed by atoms with Crippen LogP contribution in [0.4, 0.5) is 0 Å². The van der Waals surface area contributed by atoms with Crippen molar-refractivity contribution >= 4 is 5.97 Å². The average Bonchev–Trinajstić information content (AvgIpc) is 2.17. The Bertz CT molecular complexity index is 175. The van der Waals surface area contributed by atoms with Crippen molar-refractivity contribution in [2.45, 2.75) is 39.2 Å². The molecule has 0 bridgehead atoms. The van der Waals surface area contributed by atoms with Crippen molar-refractivity contribution in [3.05, 3.63) is 12.7 Å². The normalized spacial score (nSPS) is 14.5. The molecule has 0 fully saturated rings. The smallest absolute Gasteiger partial charge is 0.330 e. The van der Waals surface area contributed by atoms with Gasteiger partial charge in [0.2, 0.25) is 0 Å². The maximum absolute atomic E-state index is 10.8. The van der Waals surface area contributed by atoms with Crippen molar-refractivity contribution < 1.29 is 14.6 Å². The van der Waals surface area contributed by atoms with E-state index in [0.717, 1.165) is 19.3 Å². The Hall–Kier alpha value is -0.830. The maximum atomic E-state index is 10.8. The summed E-state index contributed by atoms with van der Waals surface area (Å²) in [5.74, 6) is -0.0333. The molecule has 0 aromatic rings. The summed E-state index contributed by atoms with van der Waals surface area (Å²) in [4.78, 5) is 10.8. The Balaban J connectivity index is 3.68. The summed E-state index contributed by atoms with van der Waals surface area (Å²) >= 11 is 0. The molecule has 3 nitrogen and oxygen atoms in total. The van der Waals surface area contributed by atoms with Crippen LogP contribution < -0.4 is 0 Å². The van der Waals surface area contributed by atoms with Crippen LogP contribution in [0.3, 0.4) is 0 Å². The number of hydrogen-bond acceptors (Lipinski definition) is 3. The van der Waals surface area contributed by atoms with Gasteiger partial charge in [-0.3, -0.25) is 0 Å². The summed E-state index contributed by atoms with van der Waals surface area (Å²) in [6, 6.07) is 0. The first kappa shape index (κ1) is 13.2. The Morgan fingerprint density at radius 1 is 1.57 bits per heavy atom. The molecule has 1 N–H and O–H groups in total. The van der Waals surface area contributed by atoms with Gasteiger partial charge in [-0.15, -0.1) is 0 Å². The molecular formula is C11H20O3. The fourth-order valence-corrected chi connectivity index (χ4v) is 1.14. The van der Waals surface area contributed by atoms with E-state index < -0.39 is 0 Å². The van der Waals surface area contributed by atoms with Gasteiger partial charge in [-0.1, -0.05) is 19.9 Å². The zero-order chi connectivity index (χ0) is 11.0. The molecule has 0 radical (unpaired) electrons. The summed E-state index contributed by atoms with van der Waals surface area (Å²) in [7, 11) is 0. The highest BCUT2D eigenvalue weighted by molar-refractivity contribution is 5.81. The van der Waals surface area contributed by atoms with Gasteiger partial charge in [0.25, 0.3) is 0 Å². The molecule has 82 valence electrons. The molecular weight excluding hydrogens is 180 g/mol. The Kier molecular flexibility index (Phi) is 7.11. The Labute approximate surface area is 85.8 Å². The van der Waals surface area contributed by atoms with Gasteiger partial charge >= 0.3 is 5.97 Å². The van der Waals surface area contributed by atoms with Crippen molar-refractivity contribution in [3.8, 4) is 0 Å². The lowest BCUT2D eigenvalue weighted by Gasteiger charge is -2.15. The SMILES string of the molecule is C=CC(=O)OCC(CC)CCC(C)O. The molecule has 0 aromatic heterocycles. The molecule has 2 atom stereocenters. The van der Waals surface area contributed by atoms with Crippen molar-refractivity contribution in [1.82, 2.24) is 0 Å². The van der Waals surface area contributed by atoms with Gasteiger partial charge < -0.3 is 9.84 Å². The standard InChI is InChI=1S/C11H20O3/c1-4-10(7-6-9(3)12)8-14-11(13)5-2/h5,9-10,12H,2,4,6-8H2,1,3H3. The number of carbonyl (C=O) groups is 1. The molecule has 0 spiro atoms. The van der Waals surface area contributed by atoms with Crippen LogP contribution >= 0.6 is 0 Å². The van der Waals surface area contributed by atoms with E-state index in [-0.39, 0.29) is 12.1 Å². The van der Waals surface area contributed by atoms with Crippen molar-refractivity contribution in [3.63, 3.8) is 0 Å². The van der Waals surface area contributed by atoms with Gasteiger partial charge in [0.1, 0.15) is 0 Å². The number of esters is 1. The van der Waals surface area contributed by atoms with Crippen LogP contribution in [0.5, 0.6) is 0 Å². The largest absolute Gasteiger partial charge is 0.462 e. The zero-order valence-electron chi connectivity index (χ0n) is 9.03. The second-order valence-corrected chi connectivity index (χ2v) is 3.53. The van der Waals surface area contributed by atoms with Crippen LogP contribution in [0.25, 0.3) is 0 Å². The first-order valence-electron chi connectivity index (χ1n) is 5.07. The van der Waals surface area contributed by atoms with Crippen LogP contribution in [-0.2, 0) is 9.53 Å². The van der Waals surface area contributed by atoms with Gasteiger partial charge in [-0.2, -0.15) is 0 Å². The van der Waals surface area contributed by atoms with E-state index >= 15 is 0 Å². The summed E-state index contributed by atoms with van der Waals surface area (Å²) < 4.78 is 4.94. The van der Waals surface area contributed by atoms with E-state index in [4.69, 9.17) is 9.84 Å². The molecule has 0 aromatic carbocycles. The monoisotopic (exact) mass is 200 g/mol. The van der Waals surface area contributed by atoms with Crippen molar-refractivity contribution in [1.29, 1.82) is 0 Å². The van der Waals surface area contributed by atoms with Crippen LogP contribution in [0, 0.1) is 5.92 Å². The van der Waals surface area contributed by atoms with Gasteiger partial charge in [-0.25, -0.2) is 4.79 Å². The molecule has 0 saturated carbocycles. The predicted molar refractivity (Wildman–Crippen MR) is 55.9 cm³/mol. The van der Waals surface area contributed by atoms with E-state index in [1.165, 1.54) is 6.08 Å². The Morgan fingerprint density at radius 2 is 2.21 bits per heavy atom. The minimum Gasteiger partial charge on any atom is -0.462 e. The fraction of sp³-hybridized carbons (Fsp3) is 0.727. The minimum atomic E-state index is -0.375. The van der Waals surface area contributed by atoms with E-state index in [9.17, 15) is 4.79 Å². The van der Waals surface area contributed by atoms with Gasteiger partial charge in [0, 0.05) is 6.08 Å². The van der Waals surface area contributed by atoms with Gasteiger partial charge in [-0.05, 0) is 25.7 Å². The summed E-state index contributed by atoms with van der Waals surface area (Å²) in [6.07, 6.45) is 3.49. The first-order valence-corrected chi connectivity index (χ1v) is 5.07. The molecule has 0 aliphatic rings. The quantitative estimate of drug-likeness (QED) is 0.504. The summed E-state index contributed by atoms with van der Waals surface area (Å²) in [5, 5.41) is 9.10. The molecule has 0 saturated heterocycles. The van der Waals surface area contributed by atoms with E-state index in [1.54, 1.807) is 6.92 Å². The number of aliphatic hydroxyl groups excluding tert-OH is 1. The van der Waals surface area contributed by atoms with E-state index in [2.05, 4.69) is 13.5 Å². The highest BCUT2D eigenvalue weighted by atomic mass is 16.5. The third kappa shape index (κ3) is 6.66. The van der Waals surface area contributed by atoms with Crippen molar-refractivity contribution in [2.24, 2.45) is 5.92 Å². The topological polar surface area (TPSA) is 46.5 Å². The number of ether oxygens (including phenoxy) is 1. The highest BCUT2D eigenvalue weighted by Gasteiger charge is 2.09. The molecule has 2 unspecified atom stereocenters. The molecule has 0 heterocycles. The lowest BCUT2D eigenvalue weighted by molar-refractivity contribution is -0.139. The molecule has 0 aliphatic heterocycles. The Morgan fingerprint density at radius 3 is 2.64 bits per heavy atom. The average molecular weight is 200 g/mol. The minimum absolute atomic E-state index is 0.279. The molecule has 3 heteroatoms. The molecule has 0 aliphatic carbocycles. The zero-order valence-corrected chi connectivity index (χ0v) is 9.03. The predicted octanol–water partition coefficient (Wildman–Crippen LogP) is 1.90. The lowest BCUT2D eigenvalue weighted by Crippen LogP contribution is -2.14. The van der Waals surface area contributed by atoms with Gasteiger partial charge in [0.05, 0.1) is 12.7 Å².